The predicted octanol–water partition coefficient (Wildman–Crippen LogP) is -2.19. The molecule has 0 radical (unpaired) electrons. The van der Waals surface area contributed by atoms with Gasteiger partial charge in [-0.05, 0) is 13.8 Å². The number of rotatable bonds is 1. The maximum atomic E-state index is 13.2. The molecule has 0 aromatic rings. The van der Waals surface area contributed by atoms with E-state index >= 15 is 0 Å². The van der Waals surface area contributed by atoms with E-state index in [-0.39, 0.29) is 32.8 Å². The number of carbonyl (C=O) groups excluding carboxylic acids is 4. The first kappa shape index (κ1) is 23.1. The lowest BCUT2D eigenvalue weighted by Gasteiger charge is -2.72. The van der Waals surface area contributed by atoms with Crippen LogP contribution in [0.3, 0.4) is 0 Å². The van der Waals surface area contributed by atoms with E-state index in [4.69, 9.17) is 18.9 Å². The third-order valence-corrected chi connectivity index (χ3v) is 8.85. The van der Waals surface area contributed by atoms with Gasteiger partial charge in [-0.3, -0.25) is 30.0 Å². The van der Waals surface area contributed by atoms with Crippen molar-refractivity contribution >= 4 is 23.9 Å². The molecule has 4 bridgehead atoms. The van der Waals surface area contributed by atoms with Crippen molar-refractivity contribution in [2.75, 3.05) is 20.0 Å². The molecule has 35 heavy (non-hydrogen) atoms. The van der Waals surface area contributed by atoms with Gasteiger partial charge in [-0.1, -0.05) is 0 Å². The van der Waals surface area contributed by atoms with E-state index in [1.807, 2.05) is 0 Å². The van der Waals surface area contributed by atoms with Crippen LogP contribution in [0.4, 0.5) is 9.59 Å². The Kier molecular flexibility index (Phi) is 4.99. The van der Waals surface area contributed by atoms with E-state index in [0.29, 0.717) is 0 Å². The highest BCUT2D eigenvalue weighted by Crippen LogP contribution is 2.64. The summed E-state index contributed by atoms with van der Waals surface area (Å²) in [5.41, 5.74) is -2.80. The molecule has 10 atom stereocenters. The van der Waals surface area contributed by atoms with Gasteiger partial charge in [0.05, 0.1) is 48.3 Å². The molecule has 0 spiro atoms. The molecular formula is C21H28N4O10. The number of aliphatic hydroxyl groups is 2. The third kappa shape index (κ3) is 2.80. The van der Waals surface area contributed by atoms with Crippen LogP contribution < -0.4 is 10.6 Å². The normalized spacial score (nSPS) is 49.1. The van der Waals surface area contributed by atoms with E-state index in [0.717, 1.165) is 0 Å². The molecule has 6 amide bonds. The van der Waals surface area contributed by atoms with Crippen molar-refractivity contribution in [3.63, 3.8) is 0 Å². The average Bonchev–Trinajstić information content (AvgIpc) is 3.38. The molecule has 0 unspecified atom stereocenters. The van der Waals surface area contributed by atoms with Crippen molar-refractivity contribution in [1.82, 2.24) is 20.4 Å². The molecule has 14 nitrogen and oxygen atoms in total. The number of ether oxygens (including phenoxy) is 4. The van der Waals surface area contributed by atoms with Crippen LogP contribution in [-0.2, 0) is 28.5 Å². The molecule has 14 heteroatoms. The SMILES string of the molecule is C[C@]12C(=O)NC(=O)N3[C@H]1[C@@H]1N(C(=O)NC(=O)[C@]12C)[C@H]1C[C@H](O)[C@@H](COCO[C@H]2C[C@H]3O[C@@H]2CO)O1. The number of amides is 6. The minimum atomic E-state index is -1.40. The zero-order valence-corrected chi connectivity index (χ0v) is 19.2. The molecule has 5 heterocycles. The van der Waals surface area contributed by atoms with Gasteiger partial charge in [0.25, 0.3) is 0 Å². The summed E-state index contributed by atoms with van der Waals surface area (Å²) >= 11 is 0. The monoisotopic (exact) mass is 496 g/mol. The second kappa shape index (κ2) is 7.57. The molecule has 4 N–H and O–H groups in total. The summed E-state index contributed by atoms with van der Waals surface area (Å²) in [6.45, 7) is 2.62. The third-order valence-electron chi connectivity index (χ3n) is 8.85. The van der Waals surface area contributed by atoms with Crippen molar-refractivity contribution < 1.29 is 48.3 Å². The molecule has 192 valence electrons. The quantitative estimate of drug-likeness (QED) is 0.312. The van der Waals surface area contributed by atoms with Crippen molar-refractivity contribution in [1.29, 1.82) is 0 Å². The lowest BCUT2D eigenvalue weighted by Crippen LogP contribution is -2.92. The Balaban J connectivity index is 1.48. The van der Waals surface area contributed by atoms with Gasteiger partial charge in [-0.25, -0.2) is 9.59 Å². The van der Waals surface area contributed by atoms with Gasteiger partial charge >= 0.3 is 12.1 Å². The summed E-state index contributed by atoms with van der Waals surface area (Å²) in [4.78, 5) is 55.4. The van der Waals surface area contributed by atoms with E-state index in [1.54, 1.807) is 13.8 Å². The Morgan fingerprint density at radius 3 is 2.06 bits per heavy atom. The molecular weight excluding hydrogens is 468 g/mol. The molecule has 1 saturated carbocycles. The molecule has 5 saturated heterocycles. The van der Waals surface area contributed by atoms with Crippen LogP contribution in [0.5, 0.6) is 0 Å². The average molecular weight is 496 g/mol. The topological polar surface area (TPSA) is 176 Å². The van der Waals surface area contributed by atoms with E-state index in [9.17, 15) is 29.4 Å². The number of carbonyl (C=O) groups is 4. The Hall–Kier alpha value is -2.36. The number of imide groups is 2. The number of nitrogens with one attached hydrogen (secondary N) is 2. The van der Waals surface area contributed by atoms with Crippen molar-refractivity contribution in [3.8, 4) is 0 Å². The van der Waals surface area contributed by atoms with E-state index < -0.39 is 83.7 Å². The number of hydrogen-bond donors (Lipinski definition) is 4. The summed E-state index contributed by atoms with van der Waals surface area (Å²) in [7, 11) is 0. The highest BCUT2D eigenvalue weighted by atomic mass is 16.7. The van der Waals surface area contributed by atoms with Gasteiger partial charge in [-0.15, -0.1) is 0 Å². The molecule has 6 aliphatic rings. The maximum Gasteiger partial charge on any atom is 0.326 e. The van der Waals surface area contributed by atoms with Crippen molar-refractivity contribution in [2.24, 2.45) is 10.8 Å². The van der Waals surface area contributed by atoms with Crippen LogP contribution in [0, 0.1) is 10.8 Å². The molecule has 6 rings (SSSR count). The number of hydrogen-bond acceptors (Lipinski definition) is 10. The molecule has 1 aliphatic carbocycles. The standard InChI is InChI=1S/C21H28N4O10/c1-20-14-15-21(20,2)17(29)23-19(31)25(15)13-4-9(10(5-26)34-13)33-7-32-6-11-8(27)3-12(35-11)24(14)18(30)22-16(20)28/h8-15,26-27H,3-7H2,1-2H3,(H,22,28,30)(H,23,29,31)/t8-,9-,10+,11+,12+,13+,14-,15-,20-,21+/m0/s1. The lowest BCUT2D eigenvalue weighted by atomic mass is 9.42. The Morgan fingerprint density at radius 2 is 1.49 bits per heavy atom. The lowest BCUT2D eigenvalue weighted by molar-refractivity contribution is -0.243. The molecule has 5 aliphatic heterocycles. The Morgan fingerprint density at radius 1 is 0.914 bits per heavy atom. The highest BCUT2D eigenvalue weighted by molar-refractivity contribution is 6.10. The smallest absolute Gasteiger partial charge is 0.326 e. The first-order valence-electron chi connectivity index (χ1n) is 11.7. The summed E-state index contributed by atoms with van der Waals surface area (Å²) in [6, 6.07) is -3.31. The zero-order valence-electron chi connectivity index (χ0n) is 19.2. The van der Waals surface area contributed by atoms with Crippen molar-refractivity contribution in [2.45, 2.75) is 75.6 Å². The summed E-state index contributed by atoms with van der Waals surface area (Å²) in [5, 5.41) is 25.1. The number of nitrogens with zero attached hydrogens (tertiary/aromatic N) is 2. The molecule has 0 aromatic carbocycles. The number of aliphatic hydroxyl groups excluding tert-OH is 2. The number of urea groups is 2. The fourth-order valence-corrected chi connectivity index (χ4v) is 6.75. The van der Waals surface area contributed by atoms with Gasteiger partial charge < -0.3 is 29.2 Å². The van der Waals surface area contributed by atoms with Crippen LogP contribution in [0.1, 0.15) is 26.7 Å². The van der Waals surface area contributed by atoms with Crippen LogP contribution in [-0.4, -0.2) is 113 Å². The Labute approximate surface area is 199 Å². The summed E-state index contributed by atoms with van der Waals surface area (Å²) < 4.78 is 23.2. The van der Waals surface area contributed by atoms with Gasteiger partial charge in [-0.2, -0.15) is 0 Å². The summed E-state index contributed by atoms with van der Waals surface area (Å²) in [6.07, 6.45) is -4.68. The van der Waals surface area contributed by atoms with Gasteiger partial charge in [0, 0.05) is 12.8 Å². The minimum Gasteiger partial charge on any atom is -0.394 e. The van der Waals surface area contributed by atoms with Crippen molar-refractivity contribution in [3.05, 3.63) is 0 Å². The largest absolute Gasteiger partial charge is 0.394 e. The van der Waals surface area contributed by atoms with Gasteiger partial charge in [0.15, 0.2) is 0 Å². The predicted molar refractivity (Wildman–Crippen MR) is 110 cm³/mol. The minimum absolute atomic E-state index is 0.0110. The van der Waals surface area contributed by atoms with Crippen LogP contribution in [0.15, 0.2) is 0 Å². The van der Waals surface area contributed by atoms with E-state index in [2.05, 4.69) is 10.6 Å². The Bertz CT molecular complexity index is 995. The van der Waals surface area contributed by atoms with Gasteiger partial charge in [0.2, 0.25) is 11.8 Å². The first-order valence-corrected chi connectivity index (χ1v) is 11.7. The van der Waals surface area contributed by atoms with Crippen LogP contribution >= 0.6 is 0 Å². The molecule has 6 fully saturated rings. The zero-order chi connectivity index (χ0) is 24.9. The highest BCUT2D eigenvalue weighted by Gasteiger charge is 2.82. The van der Waals surface area contributed by atoms with Crippen LogP contribution in [0.2, 0.25) is 0 Å². The summed E-state index contributed by atoms with van der Waals surface area (Å²) in [5.74, 6) is -1.26. The van der Waals surface area contributed by atoms with E-state index in [1.165, 1.54) is 9.80 Å². The van der Waals surface area contributed by atoms with Crippen LogP contribution in [0.25, 0.3) is 0 Å². The van der Waals surface area contributed by atoms with Gasteiger partial charge in [0.1, 0.15) is 31.5 Å². The fraction of sp³-hybridized carbons (Fsp3) is 0.810. The first-order chi connectivity index (χ1) is 16.6. The fourth-order valence-electron chi connectivity index (χ4n) is 6.75. The maximum absolute atomic E-state index is 13.2. The number of fused-ring (bicyclic) bond motifs is 7. The second-order valence-electron chi connectivity index (χ2n) is 10.3. The molecule has 0 aromatic heterocycles. The second-order valence-corrected chi connectivity index (χ2v) is 10.3.